The zero-order valence-corrected chi connectivity index (χ0v) is 13.0. The van der Waals surface area contributed by atoms with Crippen LogP contribution in [0.3, 0.4) is 0 Å². The van der Waals surface area contributed by atoms with Crippen LogP contribution in [0.4, 0.5) is 0 Å². The summed E-state index contributed by atoms with van der Waals surface area (Å²) in [6.07, 6.45) is 0.871. The number of amides is 2. The first kappa shape index (κ1) is 17.2. The third-order valence-electron chi connectivity index (χ3n) is 3.54. The maximum Gasteiger partial charge on any atom is 0.336 e. The van der Waals surface area contributed by atoms with Gasteiger partial charge in [0.05, 0.1) is 11.1 Å². The Balaban J connectivity index is 1.97. The van der Waals surface area contributed by atoms with Gasteiger partial charge in [0.1, 0.15) is 0 Å². The fourth-order valence-corrected chi connectivity index (χ4v) is 2.24. The molecular weight excluding hydrogens is 308 g/mol. The van der Waals surface area contributed by atoms with Crippen LogP contribution in [0.1, 0.15) is 38.3 Å². The summed E-state index contributed by atoms with van der Waals surface area (Å²) in [6.45, 7) is 0.281. The van der Waals surface area contributed by atoms with Crippen molar-refractivity contribution >= 4 is 17.8 Å². The second-order valence-corrected chi connectivity index (χ2v) is 5.32. The first-order valence-electron chi connectivity index (χ1n) is 7.44. The van der Waals surface area contributed by atoms with Crippen LogP contribution in [0.15, 0.2) is 48.5 Å². The second-order valence-electron chi connectivity index (χ2n) is 5.32. The molecule has 0 heterocycles. The lowest BCUT2D eigenvalue weighted by Gasteiger charge is -2.08. The van der Waals surface area contributed by atoms with Gasteiger partial charge >= 0.3 is 5.97 Å². The summed E-state index contributed by atoms with van der Waals surface area (Å²) < 4.78 is 0. The zero-order valence-electron chi connectivity index (χ0n) is 13.0. The zero-order chi connectivity index (χ0) is 17.5. The first-order chi connectivity index (χ1) is 11.5. The Morgan fingerprint density at radius 3 is 2.08 bits per heavy atom. The highest BCUT2D eigenvalue weighted by molar-refractivity contribution is 6.04. The number of rotatable bonds is 7. The molecule has 0 saturated carbocycles. The van der Waals surface area contributed by atoms with E-state index in [9.17, 15) is 14.4 Å². The molecule has 0 unspecified atom stereocenters. The van der Waals surface area contributed by atoms with Gasteiger partial charge in [-0.15, -0.1) is 0 Å². The van der Waals surface area contributed by atoms with E-state index in [1.165, 1.54) is 12.1 Å². The molecule has 0 bridgehead atoms. The monoisotopic (exact) mass is 326 g/mol. The van der Waals surface area contributed by atoms with Crippen LogP contribution in [-0.2, 0) is 17.8 Å². The summed E-state index contributed by atoms with van der Waals surface area (Å²) in [7, 11) is 0. The largest absolute Gasteiger partial charge is 0.478 e. The van der Waals surface area contributed by atoms with E-state index in [-0.39, 0.29) is 23.6 Å². The van der Waals surface area contributed by atoms with Crippen molar-refractivity contribution in [2.75, 3.05) is 0 Å². The maximum atomic E-state index is 12.2. The Bertz CT molecular complexity index is 754. The highest BCUT2D eigenvalue weighted by atomic mass is 16.4. The molecule has 0 saturated heterocycles. The van der Waals surface area contributed by atoms with E-state index < -0.39 is 11.9 Å². The average Bonchev–Trinajstić information content (AvgIpc) is 2.58. The summed E-state index contributed by atoms with van der Waals surface area (Å²) >= 11 is 0. The third-order valence-corrected chi connectivity index (χ3v) is 3.54. The van der Waals surface area contributed by atoms with Gasteiger partial charge in [0.25, 0.3) is 5.91 Å². The lowest BCUT2D eigenvalue weighted by atomic mass is 10.1. The van der Waals surface area contributed by atoms with Crippen molar-refractivity contribution in [3.63, 3.8) is 0 Å². The highest BCUT2D eigenvalue weighted by Gasteiger charge is 2.15. The normalized spacial score (nSPS) is 10.2. The first-order valence-corrected chi connectivity index (χ1v) is 7.44. The van der Waals surface area contributed by atoms with Gasteiger partial charge in [0.2, 0.25) is 5.91 Å². The molecule has 2 amide bonds. The Kier molecular flexibility index (Phi) is 5.68. The van der Waals surface area contributed by atoms with Crippen molar-refractivity contribution in [2.45, 2.75) is 19.4 Å². The summed E-state index contributed by atoms with van der Waals surface area (Å²) in [4.78, 5) is 34.1. The molecule has 0 aliphatic heterocycles. The number of nitrogens with one attached hydrogen (secondary N) is 1. The lowest BCUT2D eigenvalue weighted by Crippen LogP contribution is -2.24. The van der Waals surface area contributed by atoms with Crippen LogP contribution in [0, 0.1) is 0 Å². The highest BCUT2D eigenvalue weighted by Crippen LogP contribution is 2.10. The van der Waals surface area contributed by atoms with Crippen LogP contribution in [0.5, 0.6) is 0 Å². The van der Waals surface area contributed by atoms with Crippen molar-refractivity contribution in [3.8, 4) is 0 Å². The van der Waals surface area contributed by atoms with Crippen LogP contribution in [0.2, 0.25) is 0 Å². The molecule has 0 aliphatic rings. The molecule has 6 heteroatoms. The Labute approximate surface area is 139 Å². The number of hydrogen-bond acceptors (Lipinski definition) is 3. The number of carboxylic acid groups (broad SMARTS) is 1. The standard InChI is InChI=1S/C18H18N2O4/c19-16(21)10-9-12-5-7-13(8-6-12)11-20-17(22)14-3-1-2-4-15(14)18(23)24/h1-8H,9-11H2,(H2,19,21)(H,20,22)(H,23,24). The van der Waals surface area contributed by atoms with E-state index in [0.29, 0.717) is 12.8 Å². The van der Waals surface area contributed by atoms with Gasteiger partial charge in [-0.05, 0) is 29.7 Å². The number of primary amides is 1. The van der Waals surface area contributed by atoms with Crippen LogP contribution in [-0.4, -0.2) is 22.9 Å². The molecule has 0 fully saturated rings. The number of aromatic carboxylic acids is 1. The lowest BCUT2D eigenvalue weighted by molar-refractivity contribution is -0.118. The molecule has 0 atom stereocenters. The predicted molar refractivity (Wildman–Crippen MR) is 88.5 cm³/mol. The fourth-order valence-electron chi connectivity index (χ4n) is 2.24. The number of aryl methyl sites for hydroxylation is 1. The molecule has 24 heavy (non-hydrogen) atoms. The minimum Gasteiger partial charge on any atom is -0.478 e. The summed E-state index contributed by atoms with van der Waals surface area (Å²) in [5.74, 6) is -1.92. The van der Waals surface area contributed by atoms with Crippen molar-refractivity contribution in [1.82, 2.24) is 5.32 Å². The van der Waals surface area contributed by atoms with Gasteiger partial charge in [-0.25, -0.2) is 4.79 Å². The summed E-state index contributed by atoms with van der Waals surface area (Å²) in [6, 6.07) is 13.5. The molecule has 6 nitrogen and oxygen atoms in total. The van der Waals surface area contributed by atoms with Gasteiger partial charge < -0.3 is 16.2 Å². The third kappa shape index (κ3) is 4.67. The Morgan fingerprint density at radius 1 is 0.917 bits per heavy atom. The summed E-state index contributed by atoms with van der Waals surface area (Å²) in [5.41, 5.74) is 7.07. The van der Waals surface area contributed by atoms with E-state index in [1.54, 1.807) is 12.1 Å². The van der Waals surface area contributed by atoms with Crippen molar-refractivity contribution in [2.24, 2.45) is 5.73 Å². The number of nitrogens with two attached hydrogens (primary N) is 1. The predicted octanol–water partition coefficient (Wildman–Crippen LogP) is 1.73. The van der Waals surface area contributed by atoms with Crippen LogP contribution in [0.25, 0.3) is 0 Å². The quantitative estimate of drug-likeness (QED) is 0.719. The average molecular weight is 326 g/mol. The van der Waals surface area contributed by atoms with Gasteiger partial charge in [-0.3, -0.25) is 9.59 Å². The topological polar surface area (TPSA) is 109 Å². The second kappa shape index (κ2) is 7.92. The van der Waals surface area contributed by atoms with E-state index in [1.807, 2.05) is 24.3 Å². The van der Waals surface area contributed by atoms with Gasteiger partial charge in [-0.1, -0.05) is 36.4 Å². The Morgan fingerprint density at radius 2 is 1.50 bits per heavy atom. The van der Waals surface area contributed by atoms with Gasteiger partial charge in [0, 0.05) is 13.0 Å². The molecule has 2 aromatic carbocycles. The van der Waals surface area contributed by atoms with E-state index in [4.69, 9.17) is 10.8 Å². The number of carbonyl (C=O) groups excluding carboxylic acids is 2. The number of hydrogen-bond donors (Lipinski definition) is 3. The minimum absolute atomic E-state index is 0.0307. The number of benzene rings is 2. The SMILES string of the molecule is NC(=O)CCc1ccc(CNC(=O)c2ccccc2C(=O)O)cc1. The summed E-state index contributed by atoms with van der Waals surface area (Å²) in [5, 5.41) is 11.8. The van der Waals surface area contributed by atoms with E-state index >= 15 is 0 Å². The maximum absolute atomic E-state index is 12.2. The molecule has 4 N–H and O–H groups in total. The number of carbonyl (C=O) groups is 3. The van der Waals surface area contributed by atoms with Crippen molar-refractivity contribution in [3.05, 3.63) is 70.8 Å². The van der Waals surface area contributed by atoms with E-state index in [2.05, 4.69) is 5.32 Å². The van der Waals surface area contributed by atoms with Crippen LogP contribution < -0.4 is 11.1 Å². The molecule has 0 radical (unpaired) electrons. The van der Waals surface area contributed by atoms with E-state index in [0.717, 1.165) is 11.1 Å². The Hall–Kier alpha value is -3.15. The van der Waals surface area contributed by atoms with Crippen molar-refractivity contribution in [1.29, 1.82) is 0 Å². The minimum atomic E-state index is -1.14. The molecule has 0 spiro atoms. The molecule has 2 rings (SSSR count). The van der Waals surface area contributed by atoms with Gasteiger partial charge in [-0.2, -0.15) is 0 Å². The fraction of sp³-hybridized carbons (Fsp3) is 0.167. The molecule has 124 valence electrons. The molecule has 0 aromatic heterocycles. The molecular formula is C18H18N2O4. The number of carboxylic acids is 1. The smallest absolute Gasteiger partial charge is 0.336 e. The molecule has 0 aliphatic carbocycles. The molecule has 2 aromatic rings. The van der Waals surface area contributed by atoms with Crippen molar-refractivity contribution < 1.29 is 19.5 Å². The van der Waals surface area contributed by atoms with Gasteiger partial charge in [0.15, 0.2) is 0 Å². The van der Waals surface area contributed by atoms with Crippen LogP contribution >= 0.6 is 0 Å².